The largest absolute Gasteiger partial charge is 0.373 e. The van der Waals surface area contributed by atoms with Crippen molar-refractivity contribution in [3.63, 3.8) is 0 Å². The zero-order chi connectivity index (χ0) is 19.3. The number of nitro benzene ring substituents is 1. The van der Waals surface area contributed by atoms with Crippen LogP contribution in [0.25, 0.3) is 0 Å². The van der Waals surface area contributed by atoms with E-state index >= 15 is 0 Å². The molecule has 0 radical (unpaired) electrons. The molecular weight excluding hydrogens is 362 g/mol. The van der Waals surface area contributed by atoms with Crippen LogP contribution >= 0.6 is 0 Å². The van der Waals surface area contributed by atoms with Crippen LogP contribution in [0.5, 0.6) is 0 Å². The first-order valence-electron chi connectivity index (χ1n) is 8.31. The zero-order valence-electron chi connectivity index (χ0n) is 14.8. The van der Waals surface area contributed by atoms with Crippen molar-refractivity contribution in [2.75, 3.05) is 25.4 Å². The molecule has 1 aliphatic heterocycles. The van der Waals surface area contributed by atoms with Gasteiger partial charge in [0.25, 0.3) is 5.69 Å². The van der Waals surface area contributed by atoms with Gasteiger partial charge in [-0.3, -0.25) is 14.9 Å². The van der Waals surface area contributed by atoms with E-state index in [1.807, 2.05) is 13.8 Å². The maximum absolute atomic E-state index is 12.4. The third-order valence-electron chi connectivity index (χ3n) is 4.00. The Morgan fingerprint density at radius 2 is 1.92 bits per heavy atom. The Balaban J connectivity index is 1.87. The summed E-state index contributed by atoms with van der Waals surface area (Å²) in [5.74, 6) is -0.687. The molecule has 1 aromatic carbocycles. The maximum Gasteiger partial charge on any atom is 0.273 e. The number of morpholine rings is 1. The van der Waals surface area contributed by atoms with Gasteiger partial charge in [0, 0.05) is 31.3 Å². The molecule has 144 valence electrons. The molecule has 1 amide bonds. The van der Waals surface area contributed by atoms with Gasteiger partial charge in [0.2, 0.25) is 15.9 Å². The number of carbonyl (C=O) groups is 1. The van der Waals surface area contributed by atoms with Crippen LogP contribution in [0.1, 0.15) is 19.4 Å². The van der Waals surface area contributed by atoms with Crippen molar-refractivity contribution in [2.24, 2.45) is 0 Å². The van der Waals surface area contributed by atoms with E-state index in [1.54, 1.807) is 6.07 Å². The van der Waals surface area contributed by atoms with Crippen molar-refractivity contribution in [1.82, 2.24) is 9.62 Å². The van der Waals surface area contributed by atoms with Crippen LogP contribution in [-0.2, 0) is 26.0 Å². The Bertz CT molecular complexity index is 757. The summed E-state index contributed by atoms with van der Waals surface area (Å²) in [5, 5.41) is 13.5. The fraction of sp³-hybridized carbons (Fsp3) is 0.562. The number of rotatable bonds is 7. The first kappa shape index (κ1) is 20.3. The van der Waals surface area contributed by atoms with Crippen LogP contribution < -0.4 is 5.32 Å². The summed E-state index contributed by atoms with van der Waals surface area (Å²) >= 11 is 0. The Hall–Kier alpha value is -2.04. The summed E-state index contributed by atoms with van der Waals surface area (Å²) in [6.07, 6.45) is -0.536. The lowest BCUT2D eigenvalue weighted by atomic mass is 10.1. The summed E-state index contributed by atoms with van der Waals surface area (Å²) in [5.41, 5.74) is 0.153. The van der Waals surface area contributed by atoms with Crippen LogP contribution in [0.3, 0.4) is 0 Å². The van der Waals surface area contributed by atoms with E-state index in [0.717, 1.165) is 0 Å². The summed E-state index contributed by atoms with van der Waals surface area (Å²) in [6, 6.07) is 5.97. The number of para-hydroxylation sites is 1. The molecule has 2 rings (SSSR count). The van der Waals surface area contributed by atoms with Crippen LogP contribution in [-0.4, -0.2) is 61.1 Å². The predicted molar refractivity (Wildman–Crippen MR) is 95.2 cm³/mol. The standard InChI is InChI=1S/C16H23N3O6S/c1-12-10-18(11-13(2)25-12)26(23,24)8-7-17-16(20)9-14-5-3-4-6-15(14)19(21)22/h3-6,12-13H,7-11H2,1-2H3,(H,17,20)/t12-,13+. The van der Waals surface area contributed by atoms with Crippen molar-refractivity contribution in [1.29, 1.82) is 0 Å². The van der Waals surface area contributed by atoms with Gasteiger partial charge in [-0.2, -0.15) is 4.31 Å². The second-order valence-corrected chi connectivity index (χ2v) is 8.39. The molecule has 1 aliphatic rings. The van der Waals surface area contributed by atoms with Crippen molar-refractivity contribution >= 4 is 21.6 Å². The Labute approximate surface area is 152 Å². The van der Waals surface area contributed by atoms with Gasteiger partial charge in [-0.15, -0.1) is 0 Å². The first-order chi connectivity index (χ1) is 12.2. The molecule has 0 spiro atoms. The zero-order valence-corrected chi connectivity index (χ0v) is 15.6. The highest BCUT2D eigenvalue weighted by Gasteiger charge is 2.30. The lowest BCUT2D eigenvalue weighted by Crippen LogP contribution is -2.49. The predicted octanol–water partition coefficient (Wildman–Crippen LogP) is 0.693. The molecule has 1 aromatic rings. The number of carbonyl (C=O) groups excluding carboxylic acids is 1. The molecule has 0 unspecified atom stereocenters. The number of sulfonamides is 1. The number of nitrogens with zero attached hydrogens (tertiary/aromatic N) is 2. The Morgan fingerprint density at radius 3 is 2.54 bits per heavy atom. The minimum atomic E-state index is -3.51. The molecule has 9 nitrogen and oxygen atoms in total. The van der Waals surface area contributed by atoms with Gasteiger partial charge in [0.15, 0.2) is 0 Å². The summed E-state index contributed by atoms with van der Waals surface area (Å²) in [7, 11) is -3.51. The lowest BCUT2D eigenvalue weighted by Gasteiger charge is -2.34. The minimum absolute atomic E-state index is 0.0537. The van der Waals surface area contributed by atoms with Gasteiger partial charge in [-0.05, 0) is 13.8 Å². The number of hydrogen-bond donors (Lipinski definition) is 1. The number of amides is 1. The highest BCUT2D eigenvalue weighted by molar-refractivity contribution is 7.89. The van der Waals surface area contributed by atoms with E-state index in [0.29, 0.717) is 0 Å². The first-order valence-corrected chi connectivity index (χ1v) is 9.92. The average molecular weight is 385 g/mol. The van der Waals surface area contributed by atoms with Crippen LogP contribution in [0.4, 0.5) is 5.69 Å². The second-order valence-electron chi connectivity index (χ2n) is 6.30. The maximum atomic E-state index is 12.4. The molecule has 0 aromatic heterocycles. The normalized spacial score (nSPS) is 21.3. The number of ether oxygens (including phenoxy) is 1. The molecule has 10 heteroatoms. The molecule has 1 fully saturated rings. The highest BCUT2D eigenvalue weighted by Crippen LogP contribution is 2.18. The fourth-order valence-electron chi connectivity index (χ4n) is 2.88. The molecule has 2 atom stereocenters. The van der Waals surface area contributed by atoms with Gasteiger partial charge >= 0.3 is 0 Å². The molecule has 1 heterocycles. The van der Waals surface area contributed by atoms with Crippen molar-refractivity contribution in [3.05, 3.63) is 39.9 Å². The van der Waals surface area contributed by atoms with Crippen LogP contribution in [0, 0.1) is 10.1 Å². The third-order valence-corrected chi connectivity index (χ3v) is 5.81. The number of nitrogens with one attached hydrogen (secondary N) is 1. The molecule has 26 heavy (non-hydrogen) atoms. The van der Waals surface area contributed by atoms with Gasteiger partial charge in [0.1, 0.15) is 0 Å². The topological polar surface area (TPSA) is 119 Å². The molecule has 1 saturated heterocycles. The van der Waals surface area contributed by atoms with Gasteiger partial charge < -0.3 is 10.1 Å². The summed E-state index contributed by atoms with van der Waals surface area (Å²) in [4.78, 5) is 22.4. The lowest BCUT2D eigenvalue weighted by molar-refractivity contribution is -0.385. The van der Waals surface area contributed by atoms with E-state index < -0.39 is 20.9 Å². The molecule has 1 N–H and O–H groups in total. The van der Waals surface area contributed by atoms with Gasteiger partial charge in [0.05, 0.1) is 29.3 Å². The van der Waals surface area contributed by atoms with Crippen molar-refractivity contribution in [3.8, 4) is 0 Å². The van der Waals surface area contributed by atoms with Crippen molar-refractivity contribution in [2.45, 2.75) is 32.5 Å². The molecule has 0 aliphatic carbocycles. The summed E-state index contributed by atoms with van der Waals surface area (Å²) < 4.78 is 31.7. The SMILES string of the molecule is C[C@@H]1CN(S(=O)(=O)CCNC(=O)Cc2ccccc2[N+](=O)[O-])C[C@H](C)O1. The molecule has 0 saturated carbocycles. The number of benzene rings is 1. The van der Waals surface area contributed by atoms with E-state index in [2.05, 4.69) is 5.32 Å². The van der Waals surface area contributed by atoms with Crippen molar-refractivity contribution < 1.29 is 22.9 Å². The quantitative estimate of drug-likeness (QED) is 0.545. The third kappa shape index (κ3) is 5.48. The van der Waals surface area contributed by atoms with E-state index in [-0.39, 0.29) is 55.3 Å². The van der Waals surface area contributed by atoms with Crippen LogP contribution in [0.2, 0.25) is 0 Å². The van der Waals surface area contributed by atoms with E-state index in [1.165, 1.54) is 22.5 Å². The number of nitro groups is 1. The van der Waals surface area contributed by atoms with Gasteiger partial charge in [-0.25, -0.2) is 8.42 Å². The fourth-order valence-corrected chi connectivity index (χ4v) is 4.37. The number of hydrogen-bond acceptors (Lipinski definition) is 6. The second kappa shape index (κ2) is 8.56. The Morgan fingerprint density at radius 1 is 1.31 bits per heavy atom. The smallest absolute Gasteiger partial charge is 0.273 e. The van der Waals surface area contributed by atoms with Crippen LogP contribution in [0.15, 0.2) is 24.3 Å². The van der Waals surface area contributed by atoms with E-state index in [9.17, 15) is 23.3 Å². The van der Waals surface area contributed by atoms with Gasteiger partial charge in [-0.1, -0.05) is 18.2 Å². The average Bonchev–Trinajstić information content (AvgIpc) is 2.54. The molecule has 0 bridgehead atoms. The molecular formula is C16H23N3O6S. The van der Waals surface area contributed by atoms with E-state index in [4.69, 9.17) is 4.74 Å². The monoisotopic (exact) mass is 385 g/mol. The summed E-state index contributed by atoms with van der Waals surface area (Å²) in [6.45, 7) is 4.15. The minimum Gasteiger partial charge on any atom is -0.373 e. The highest BCUT2D eigenvalue weighted by atomic mass is 32.2. The Kier molecular flexibility index (Phi) is 6.68.